The molecule has 0 spiro atoms. The SMILES string of the molecule is O=C(CCOc1ccccc1)N1CCC(c2c[nH]c3cccnc23)CC1. The van der Waals surface area contributed by atoms with Gasteiger partial charge in [0.2, 0.25) is 5.91 Å². The van der Waals surface area contributed by atoms with Gasteiger partial charge in [-0.1, -0.05) is 18.2 Å². The molecule has 1 N–H and O–H groups in total. The molecule has 1 aliphatic rings. The number of aromatic nitrogens is 2. The number of hydrogen-bond donors (Lipinski definition) is 1. The van der Waals surface area contributed by atoms with E-state index in [-0.39, 0.29) is 5.91 Å². The lowest BCUT2D eigenvalue weighted by molar-refractivity contribution is -0.132. The number of likely N-dealkylation sites (tertiary alicyclic amines) is 1. The Kier molecular flexibility index (Phi) is 4.86. The fourth-order valence-electron chi connectivity index (χ4n) is 3.66. The van der Waals surface area contributed by atoms with E-state index in [1.165, 1.54) is 5.56 Å². The molecule has 0 unspecified atom stereocenters. The molecule has 1 aliphatic heterocycles. The number of piperidine rings is 1. The first-order valence-electron chi connectivity index (χ1n) is 9.19. The number of fused-ring (bicyclic) bond motifs is 1. The zero-order valence-electron chi connectivity index (χ0n) is 14.7. The molecular weight excluding hydrogens is 326 g/mol. The van der Waals surface area contributed by atoms with Crippen LogP contribution in [0.5, 0.6) is 5.75 Å². The molecule has 1 fully saturated rings. The molecular formula is C21H23N3O2. The number of rotatable bonds is 5. The second-order valence-corrected chi connectivity index (χ2v) is 6.71. The van der Waals surface area contributed by atoms with Crippen molar-refractivity contribution in [2.45, 2.75) is 25.2 Å². The van der Waals surface area contributed by atoms with Crippen LogP contribution in [0.15, 0.2) is 54.9 Å². The number of nitrogens with zero attached hydrogens (tertiary/aromatic N) is 2. The summed E-state index contributed by atoms with van der Waals surface area (Å²) < 4.78 is 5.64. The first-order valence-corrected chi connectivity index (χ1v) is 9.19. The molecule has 4 rings (SSSR count). The molecule has 0 radical (unpaired) electrons. The molecule has 3 heterocycles. The molecule has 3 aromatic rings. The summed E-state index contributed by atoms with van der Waals surface area (Å²) in [5.74, 6) is 1.45. The van der Waals surface area contributed by atoms with Gasteiger partial charge in [0, 0.05) is 25.5 Å². The van der Waals surface area contributed by atoms with Crippen molar-refractivity contribution in [1.82, 2.24) is 14.9 Å². The summed E-state index contributed by atoms with van der Waals surface area (Å²) in [5.41, 5.74) is 3.42. The highest BCUT2D eigenvalue weighted by atomic mass is 16.5. The molecule has 1 saturated heterocycles. The Bertz CT molecular complexity index is 867. The van der Waals surface area contributed by atoms with Gasteiger partial charge in [-0.15, -0.1) is 0 Å². The molecule has 5 nitrogen and oxygen atoms in total. The van der Waals surface area contributed by atoms with Crippen LogP contribution < -0.4 is 4.74 Å². The van der Waals surface area contributed by atoms with Crippen molar-refractivity contribution in [3.63, 3.8) is 0 Å². The molecule has 0 saturated carbocycles. The van der Waals surface area contributed by atoms with Gasteiger partial charge in [0.15, 0.2) is 0 Å². The number of para-hydroxylation sites is 1. The molecule has 1 aromatic carbocycles. The van der Waals surface area contributed by atoms with Gasteiger partial charge in [-0.25, -0.2) is 0 Å². The van der Waals surface area contributed by atoms with Crippen LogP contribution >= 0.6 is 0 Å². The summed E-state index contributed by atoms with van der Waals surface area (Å²) in [6, 6.07) is 13.6. The molecule has 0 atom stereocenters. The van der Waals surface area contributed by atoms with Crippen LogP contribution in [-0.2, 0) is 4.79 Å². The first-order chi connectivity index (χ1) is 12.8. The summed E-state index contributed by atoms with van der Waals surface area (Å²) in [7, 11) is 0. The summed E-state index contributed by atoms with van der Waals surface area (Å²) in [6.07, 6.45) is 6.30. The van der Waals surface area contributed by atoms with Gasteiger partial charge in [0.25, 0.3) is 0 Å². The normalized spacial score (nSPS) is 15.3. The topological polar surface area (TPSA) is 58.2 Å². The van der Waals surface area contributed by atoms with Crippen LogP contribution in [0.2, 0.25) is 0 Å². The Balaban J connectivity index is 1.28. The van der Waals surface area contributed by atoms with Crippen LogP contribution in [0.1, 0.15) is 30.7 Å². The third kappa shape index (κ3) is 3.57. The number of amides is 1. The summed E-state index contributed by atoms with van der Waals surface area (Å²) in [6.45, 7) is 2.03. The summed E-state index contributed by atoms with van der Waals surface area (Å²) >= 11 is 0. The van der Waals surface area contributed by atoms with Crippen LogP contribution in [-0.4, -0.2) is 40.5 Å². The lowest BCUT2D eigenvalue weighted by atomic mass is 9.90. The fourth-order valence-corrected chi connectivity index (χ4v) is 3.66. The minimum atomic E-state index is 0.177. The van der Waals surface area contributed by atoms with Gasteiger partial charge >= 0.3 is 0 Å². The number of pyridine rings is 1. The number of carbonyl (C=O) groups excluding carboxylic acids is 1. The van der Waals surface area contributed by atoms with Crippen molar-refractivity contribution in [3.8, 4) is 5.75 Å². The van der Waals surface area contributed by atoms with Crippen molar-refractivity contribution >= 4 is 16.9 Å². The van der Waals surface area contributed by atoms with Crippen molar-refractivity contribution in [2.75, 3.05) is 19.7 Å². The quantitative estimate of drug-likeness (QED) is 0.763. The van der Waals surface area contributed by atoms with Gasteiger partial charge in [-0.05, 0) is 48.6 Å². The number of nitrogens with one attached hydrogen (secondary N) is 1. The van der Waals surface area contributed by atoms with Gasteiger partial charge in [0.1, 0.15) is 5.75 Å². The Hall–Kier alpha value is -2.82. The van der Waals surface area contributed by atoms with Gasteiger partial charge < -0.3 is 14.6 Å². The average Bonchev–Trinajstić information content (AvgIpc) is 3.13. The van der Waals surface area contributed by atoms with Crippen LogP contribution in [0.25, 0.3) is 11.0 Å². The van der Waals surface area contributed by atoms with Crippen LogP contribution in [0.3, 0.4) is 0 Å². The van der Waals surface area contributed by atoms with Gasteiger partial charge in [-0.2, -0.15) is 0 Å². The molecule has 5 heteroatoms. The van der Waals surface area contributed by atoms with Crippen molar-refractivity contribution < 1.29 is 9.53 Å². The van der Waals surface area contributed by atoms with E-state index in [1.807, 2.05) is 47.5 Å². The minimum absolute atomic E-state index is 0.177. The number of carbonyl (C=O) groups is 1. The second kappa shape index (κ2) is 7.60. The molecule has 2 aromatic heterocycles. The van der Waals surface area contributed by atoms with E-state index in [0.29, 0.717) is 18.9 Å². The number of ether oxygens (including phenoxy) is 1. The highest BCUT2D eigenvalue weighted by molar-refractivity contribution is 5.79. The zero-order chi connectivity index (χ0) is 17.8. The van der Waals surface area contributed by atoms with Crippen molar-refractivity contribution in [2.24, 2.45) is 0 Å². The number of H-pyrrole nitrogens is 1. The fraction of sp³-hybridized carbons (Fsp3) is 0.333. The van der Waals surface area contributed by atoms with E-state index in [4.69, 9.17) is 4.74 Å². The number of benzene rings is 1. The third-order valence-electron chi connectivity index (χ3n) is 5.08. The van der Waals surface area contributed by atoms with E-state index < -0.39 is 0 Å². The minimum Gasteiger partial charge on any atom is -0.493 e. The Morgan fingerprint density at radius 3 is 2.77 bits per heavy atom. The monoisotopic (exact) mass is 349 g/mol. The zero-order valence-corrected chi connectivity index (χ0v) is 14.7. The van der Waals surface area contributed by atoms with E-state index in [0.717, 1.165) is 42.7 Å². The predicted molar refractivity (Wildman–Crippen MR) is 101 cm³/mol. The Morgan fingerprint density at radius 2 is 1.96 bits per heavy atom. The Morgan fingerprint density at radius 1 is 1.15 bits per heavy atom. The van der Waals surface area contributed by atoms with E-state index in [9.17, 15) is 4.79 Å². The average molecular weight is 349 g/mol. The van der Waals surface area contributed by atoms with Gasteiger partial charge in [-0.3, -0.25) is 9.78 Å². The van der Waals surface area contributed by atoms with Gasteiger partial charge in [0.05, 0.1) is 24.1 Å². The maximum absolute atomic E-state index is 12.4. The molecule has 134 valence electrons. The molecule has 1 amide bonds. The summed E-state index contributed by atoms with van der Waals surface area (Å²) in [4.78, 5) is 22.2. The smallest absolute Gasteiger partial charge is 0.225 e. The molecule has 0 aliphatic carbocycles. The van der Waals surface area contributed by atoms with Crippen molar-refractivity contribution in [1.29, 1.82) is 0 Å². The number of aromatic amines is 1. The molecule has 26 heavy (non-hydrogen) atoms. The van der Waals surface area contributed by atoms with Crippen LogP contribution in [0.4, 0.5) is 0 Å². The second-order valence-electron chi connectivity index (χ2n) is 6.71. The maximum atomic E-state index is 12.4. The maximum Gasteiger partial charge on any atom is 0.225 e. The first kappa shape index (κ1) is 16.6. The predicted octanol–water partition coefficient (Wildman–Crippen LogP) is 3.74. The summed E-state index contributed by atoms with van der Waals surface area (Å²) in [5, 5.41) is 0. The number of hydrogen-bond acceptors (Lipinski definition) is 3. The third-order valence-corrected chi connectivity index (χ3v) is 5.08. The molecule has 0 bridgehead atoms. The van der Waals surface area contributed by atoms with Crippen molar-refractivity contribution in [3.05, 3.63) is 60.4 Å². The lowest BCUT2D eigenvalue weighted by Gasteiger charge is -2.32. The van der Waals surface area contributed by atoms with E-state index in [1.54, 1.807) is 0 Å². The lowest BCUT2D eigenvalue weighted by Crippen LogP contribution is -2.38. The highest BCUT2D eigenvalue weighted by Gasteiger charge is 2.25. The standard InChI is InChI=1S/C21H23N3O2/c25-20(10-14-26-17-5-2-1-3-6-17)24-12-8-16(9-13-24)18-15-23-19-7-4-11-22-21(18)19/h1-7,11,15-16,23H,8-10,12-14H2. The van der Waals surface area contributed by atoms with E-state index in [2.05, 4.69) is 22.2 Å². The Labute approximate surface area is 153 Å². The highest BCUT2D eigenvalue weighted by Crippen LogP contribution is 2.32. The van der Waals surface area contributed by atoms with Crippen LogP contribution in [0, 0.1) is 0 Å². The van der Waals surface area contributed by atoms with E-state index >= 15 is 0 Å². The largest absolute Gasteiger partial charge is 0.493 e.